The van der Waals surface area contributed by atoms with Crippen LogP contribution < -0.4 is 0 Å². The molecule has 88 valence electrons. The second-order valence-electron chi connectivity index (χ2n) is 3.53. The molecule has 0 bridgehead atoms. The largest absolute Gasteiger partial charge is 0.673 e. The van der Waals surface area contributed by atoms with Crippen molar-refractivity contribution in [2.24, 2.45) is 0 Å². The smallest absolute Gasteiger partial charge is 0.441 e. The van der Waals surface area contributed by atoms with E-state index >= 15 is 0 Å². The van der Waals surface area contributed by atoms with Crippen molar-refractivity contribution in [2.75, 3.05) is 19.7 Å². The van der Waals surface area contributed by atoms with Gasteiger partial charge in [-0.3, -0.25) is 0 Å². The molecule has 7 heteroatoms. The molecule has 0 N–H and O–H groups in total. The number of nitrogens with zero attached hydrogens (tertiary/aromatic N) is 1. The summed E-state index contributed by atoms with van der Waals surface area (Å²) in [5.41, 5.74) is 0. The highest BCUT2D eigenvalue weighted by Gasteiger charge is 2.24. The molecule has 2 aliphatic rings. The molecule has 0 saturated heterocycles. The lowest BCUT2D eigenvalue weighted by Crippen LogP contribution is -2.14. The maximum absolute atomic E-state index is 9.75. The molecule has 0 saturated carbocycles. The maximum Gasteiger partial charge on any atom is 0.673 e. The zero-order valence-electron chi connectivity index (χ0n) is 8.39. The van der Waals surface area contributed by atoms with Crippen LogP contribution in [0.25, 0.3) is 0 Å². The fraction of sp³-hybridized carbons (Fsp3) is 0.875. The molecule has 0 spiro atoms. The molecule has 0 aromatic rings. The van der Waals surface area contributed by atoms with Crippen LogP contribution in [0.1, 0.15) is 25.7 Å². The first kappa shape index (κ1) is 12.3. The summed E-state index contributed by atoms with van der Waals surface area (Å²) in [5, 5.41) is 0. The van der Waals surface area contributed by atoms with Crippen LogP contribution in [-0.2, 0) is 4.74 Å². The predicted molar refractivity (Wildman–Crippen MR) is 49.6 cm³/mol. The lowest BCUT2D eigenvalue weighted by atomic mass is 10.2. The molecule has 2 nitrogen and oxygen atoms in total. The van der Waals surface area contributed by atoms with Gasteiger partial charge < -0.3 is 22.0 Å². The van der Waals surface area contributed by atoms with Gasteiger partial charge in [-0.25, -0.2) is 0 Å². The van der Waals surface area contributed by atoms with Gasteiger partial charge in [-0.2, -0.15) is 4.58 Å². The molecule has 0 atom stereocenters. The van der Waals surface area contributed by atoms with E-state index in [2.05, 4.69) is 4.58 Å². The van der Waals surface area contributed by atoms with Gasteiger partial charge in [-0.1, -0.05) is 0 Å². The summed E-state index contributed by atoms with van der Waals surface area (Å²) in [4.78, 5) is 0. The Balaban J connectivity index is 0.000000195. The van der Waals surface area contributed by atoms with Crippen LogP contribution in [0.5, 0.6) is 0 Å². The summed E-state index contributed by atoms with van der Waals surface area (Å²) in [6, 6.07) is 0. The average Bonchev–Trinajstić information content (AvgIpc) is 2.40. The zero-order valence-corrected chi connectivity index (χ0v) is 8.39. The third-order valence-electron chi connectivity index (χ3n) is 2.30. The Hall–Kier alpha value is -0.745. The minimum atomic E-state index is -6.00. The Kier molecular flexibility index (Phi) is 4.41. The van der Waals surface area contributed by atoms with Gasteiger partial charge >= 0.3 is 13.2 Å². The minimum Gasteiger partial charge on any atom is -0.441 e. The van der Waals surface area contributed by atoms with Gasteiger partial charge in [0, 0.05) is 6.42 Å². The van der Waals surface area contributed by atoms with Gasteiger partial charge in [0.2, 0.25) is 0 Å². The molecule has 0 amide bonds. The second kappa shape index (κ2) is 5.37. The van der Waals surface area contributed by atoms with Crippen molar-refractivity contribution in [3.05, 3.63) is 0 Å². The number of halogens is 4. The van der Waals surface area contributed by atoms with Crippen LogP contribution in [0.15, 0.2) is 0 Å². The number of hydrogen-bond acceptors (Lipinski definition) is 1. The van der Waals surface area contributed by atoms with Crippen LogP contribution in [0.3, 0.4) is 0 Å². The van der Waals surface area contributed by atoms with Gasteiger partial charge in [-0.15, -0.1) is 0 Å². The van der Waals surface area contributed by atoms with Crippen LogP contribution in [0, 0.1) is 0 Å². The summed E-state index contributed by atoms with van der Waals surface area (Å²) < 4.78 is 46.9. The third-order valence-corrected chi connectivity index (χ3v) is 2.30. The highest BCUT2D eigenvalue weighted by molar-refractivity contribution is 6.50. The van der Waals surface area contributed by atoms with E-state index in [9.17, 15) is 17.3 Å². The summed E-state index contributed by atoms with van der Waals surface area (Å²) in [7, 11) is -6.00. The predicted octanol–water partition coefficient (Wildman–Crippen LogP) is 2.30. The first-order valence-electron chi connectivity index (χ1n) is 5.08. The van der Waals surface area contributed by atoms with E-state index in [-0.39, 0.29) is 0 Å². The summed E-state index contributed by atoms with van der Waals surface area (Å²) in [6.45, 7) is 3.29. The zero-order chi connectivity index (χ0) is 11.3. The van der Waals surface area contributed by atoms with E-state index < -0.39 is 7.25 Å². The Morgan fingerprint density at radius 2 is 1.67 bits per heavy atom. The fourth-order valence-electron chi connectivity index (χ4n) is 1.71. The molecule has 2 aliphatic heterocycles. The molecular formula is C8H14BF4NO. The van der Waals surface area contributed by atoms with Gasteiger partial charge in [0.15, 0.2) is 13.2 Å². The Bertz CT molecular complexity index is 219. The minimum absolute atomic E-state index is 0.926. The molecule has 2 heterocycles. The summed E-state index contributed by atoms with van der Waals surface area (Å²) in [5.74, 6) is 1.26. The lowest BCUT2D eigenvalue weighted by molar-refractivity contribution is -0.518. The van der Waals surface area contributed by atoms with E-state index in [0.717, 1.165) is 13.2 Å². The molecule has 0 unspecified atom stereocenters. The molecule has 15 heavy (non-hydrogen) atoms. The van der Waals surface area contributed by atoms with Crippen molar-refractivity contribution in [1.82, 2.24) is 0 Å². The summed E-state index contributed by atoms with van der Waals surface area (Å²) in [6.07, 6.45) is 5.24. The monoisotopic (exact) mass is 227 g/mol. The van der Waals surface area contributed by atoms with Crippen LogP contribution >= 0.6 is 0 Å². The Labute approximate surface area is 86.0 Å². The summed E-state index contributed by atoms with van der Waals surface area (Å²) >= 11 is 0. The number of ether oxygens (including phenoxy) is 1. The first-order valence-corrected chi connectivity index (χ1v) is 5.08. The van der Waals surface area contributed by atoms with Crippen LogP contribution in [0.4, 0.5) is 17.3 Å². The van der Waals surface area contributed by atoms with Gasteiger partial charge in [-0.05, 0) is 12.8 Å². The molecule has 2 rings (SSSR count). The molecule has 0 radical (unpaired) electrons. The maximum atomic E-state index is 9.75. The average molecular weight is 227 g/mol. The number of hydrogen-bond donors (Lipinski definition) is 0. The van der Waals surface area contributed by atoms with E-state index in [0.29, 0.717) is 0 Å². The highest BCUT2D eigenvalue weighted by atomic mass is 19.5. The number of rotatable bonds is 0. The Morgan fingerprint density at radius 1 is 1.00 bits per heavy atom. The van der Waals surface area contributed by atoms with Crippen molar-refractivity contribution in [2.45, 2.75) is 25.7 Å². The Morgan fingerprint density at radius 3 is 2.33 bits per heavy atom. The molecule has 0 aromatic heterocycles. The molecule has 0 aliphatic carbocycles. The molecule has 0 fully saturated rings. The van der Waals surface area contributed by atoms with Crippen molar-refractivity contribution in [1.29, 1.82) is 0 Å². The third kappa shape index (κ3) is 5.64. The second-order valence-corrected chi connectivity index (χ2v) is 3.53. The van der Waals surface area contributed by atoms with E-state index in [4.69, 9.17) is 4.74 Å². The molecular weight excluding hydrogens is 213 g/mol. The van der Waals surface area contributed by atoms with Crippen molar-refractivity contribution >= 4 is 13.2 Å². The van der Waals surface area contributed by atoms with Gasteiger partial charge in [0.1, 0.15) is 6.54 Å². The highest BCUT2D eigenvalue weighted by Crippen LogP contribution is 2.11. The fourth-order valence-corrected chi connectivity index (χ4v) is 1.71. The molecule has 0 aromatic carbocycles. The van der Waals surface area contributed by atoms with Crippen LogP contribution in [0.2, 0.25) is 0 Å². The SMILES string of the molecule is C1CCC2=[N+](CC1)CCO2.F[B-](F)(F)F. The van der Waals surface area contributed by atoms with E-state index in [1.165, 1.54) is 38.1 Å². The van der Waals surface area contributed by atoms with E-state index in [1.54, 1.807) is 0 Å². The lowest BCUT2D eigenvalue weighted by Gasteiger charge is -1.94. The topological polar surface area (TPSA) is 12.2 Å². The first-order chi connectivity index (χ1) is 6.97. The normalized spacial score (nSPS) is 21.1. The standard InChI is InChI=1S/C8H14NO.BF4/c1-2-4-8-9(5-3-1)6-7-10-8;2-1(3,4)5/h1-7H2;/q+1;-1. The van der Waals surface area contributed by atoms with Crippen LogP contribution in [-0.4, -0.2) is 37.4 Å². The van der Waals surface area contributed by atoms with Crippen molar-refractivity contribution in [3.8, 4) is 0 Å². The quantitative estimate of drug-likeness (QED) is 0.351. The van der Waals surface area contributed by atoms with Crippen molar-refractivity contribution < 1.29 is 26.6 Å². The van der Waals surface area contributed by atoms with E-state index in [1.807, 2.05) is 0 Å². The van der Waals surface area contributed by atoms with Gasteiger partial charge in [0.05, 0.1) is 6.42 Å². The van der Waals surface area contributed by atoms with Gasteiger partial charge in [0.25, 0.3) is 0 Å². The van der Waals surface area contributed by atoms with Crippen molar-refractivity contribution in [3.63, 3.8) is 0 Å².